The number of carbonyl (C=O) groups is 2. The molecule has 0 bridgehead atoms. The summed E-state index contributed by atoms with van der Waals surface area (Å²) >= 11 is 6.79. The van der Waals surface area contributed by atoms with E-state index >= 15 is 0 Å². The molecular weight excluding hydrogens is 548 g/mol. The van der Waals surface area contributed by atoms with Crippen molar-refractivity contribution in [2.75, 3.05) is 13.2 Å². The van der Waals surface area contributed by atoms with Crippen molar-refractivity contribution in [1.82, 2.24) is 10.6 Å². The molecule has 0 heterocycles. The predicted molar refractivity (Wildman–Crippen MR) is 161 cm³/mol. The minimum absolute atomic E-state index is 0.00648. The first-order valence-electron chi connectivity index (χ1n) is 14.2. The van der Waals surface area contributed by atoms with Gasteiger partial charge in [0.15, 0.2) is 8.32 Å². The van der Waals surface area contributed by atoms with E-state index < -0.39 is 37.2 Å². The molecule has 1 saturated carbocycles. The summed E-state index contributed by atoms with van der Waals surface area (Å²) in [7, 11) is -2.01. The van der Waals surface area contributed by atoms with Gasteiger partial charge in [-0.25, -0.2) is 9.59 Å². The first-order chi connectivity index (χ1) is 18.1. The highest BCUT2D eigenvalue weighted by molar-refractivity contribution is 6.74. The Morgan fingerprint density at radius 2 is 1.55 bits per heavy atom. The lowest BCUT2D eigenvalue weighted by Gasteiger charge is -2.37. The van der Waals surface area contributed by atoms with Gasteiger partial charge in [0.05, 0.1) is 11.6 Å². The van der Waals surface area contributed by atoms with E-state index in [4.69, 9.17) is 30.2 Å². The smallest absolute Gasteiger partial charge is 0.408 e. The Kier molecular flexibility index (Phi) is 9.25. The summed E-state index contributed by atoms with van der Waals surface area (Å²) in [6, 6.07) is 3.41. The van der Waals surface area contributed by atoms with Crippen LogP contribution in [0.2, 0.25) is 23.2 Å². The fraction of sp³-hybridized carbons (Fsp3) is 0.733. The van der Waals surface area contributed by atoms with Crippen LogP contribution in [0.4, 0.5) is 9.59 Å². The van der Waals surface area contributed by atoms with Crippen LogP contribution in [0.1, 0.15) is 92.3 Å². The number of alkyl carbamates (subject to hydrolysis) is 2. The number of halogens is 1. The average molecular weight is 597 g/mol. The van der Waals surface area contributed by atoms with Crippen LogP contribution in [0.3, 0.4) is 0 Å². The first-order valence-corrected chi connectivity index (χ1v) is 17.5. The summed E-state index contributed by atoms with van der Waals surface area (Å²) in [4.78, 5) is 25.2. The highest BCUT2D eigenvalue weighted by atomic mass is 35.5. The fourth-order valence-electron chi connectivity index (χ4n) is 4.36. The van der Waals surface area contributed by atoms with Gasteiger partial charge in [-0.2, -0.15) is 0 Å². The van der Waals surface area contributed by atoms with E-state index in [9.17, 15) is 9.59 Å². The molecule has 2 aliphatic carbocycles. The van der Waals surface area contributed by atoms with Gasteiger partial charge in [0.25, 0.3) is 0 Å². The van der Waals surface area contributed by atoms with Crippen LogP contribution in [-0.2, 0) is 20.3 Å². The summed E-state index contributed by atoms with van der Waals surface area (Å²) in [6.07, 6.45) is 1.35. The second-order valence-electron chi connectivity index (χ2n) is 14.8. The molecule has 2 aliphatic rings. The molecule has 0 radical (unpaired) electrons. The molecule has 1 aromatic carbocycles. The molecule has 0 spiro atoms. The van der Waals surface area contributed by atoms with Gasteiger partial charge in [-0.05, 0) is 102 Å². The van der Waals surface area contributed by atoms with Gasteiger partial charge in [0.1, 0.15) is 23.6 Å². The number of nitrogens with one attached hydrogen (secondary N) is 2. The maximum atomic E-state index is 12.9. The van der Waals surface area contributed by atoms with Gasteiger partial charge < -0.3 is 29.3 Å². The van der Waals surface area contributed by atoms with E-state index in [2.05, 4.69) is 44.5 Å². The molecule has 2 atom stereocenters. The molecule has 0 unspecified atom stereocenters. The van der Waals surface area contributed by atoms with Crippen LogP contribution in [0.15, 0.2) is 12.1 Å². The van der Waals surface area contributed by atoms with E-state index in [1.165, 1.54) is 0 Å². The SMILES string of the molecule is CC(C)(C)OC(=O)N[C@@H]1c2cc(OCC3(NC(=O)OC(C)(C)C)CC3)cc(Cl)c2C[C@H]1CO[Si](C)(C)C(C)(C)C. The molecule has 0 aliphatic heterocycles. The second-order valence-corrected chi connectivity index (χ2v) is 20.0. The number of carbonyl (C=O) groups excluding carboxylic acids is 2. The van der Waals surface area contributed by atoms with Gasteiger partial charge in [-0.15, -0.1) is 0 Å². The fourth-order valence-corrected chi connectivity index (χ4v) is 5.71. The van der Waals surface area contributed by atoms with Crippen LogP contribution < -0.4 is 15.4 Å². The average Bonchev–Trinajstić information content (AvgIpc) is 3.41. The Morgan fingerprint density at radius 1 is 0.975 bits per heavy atom. The Morgan fingerprint density at radius 3 is 2.08 bits per heavy atom. The van der Waals surface area contributed by atoms with Crippen LogP contribution >= 0.6 is 11.6 Å². The second kappa shape index (κ2) is 11.4. The monoisotopic (exact) mass is 596 g/mol. The van der Waals surface area contributed by atoms with E-state index in [-0.39, 0.29) is 17.0 Å². The summed E-state index contributed by atoms with van der Waals surface area (Å²) in [5.74, 6) is 0.580. The number of ether oxygens (including phenoxy) is 3. The van der Waals surface area contributed by atoms with Crippen molar-refractivity contribution < 1.29 is 28.2 Å². The molecule has 3 rings (SSSR count). The lowest BCUT2D eigenvalue weighted by atomic mass is 10.0. The van der Waals surface area contributed by atoms with Crippen molar-refractivity contribution in [3.05, 3.63) is 28.3 Å². The number of hydrogen-bond donors (Lipinski definition) is 2. The summed E-state index contributed by atoms with van der Waals surface area (Å²) < 4.78 is 23.8. The molecule has 1 aromatic rings. The summed E-state index contributed by atoms with van der Waals surface area (Å²) in [5.41, 5.74) is 0.229. The molecule has 226 valence electrons. The van der Waals surface area contributed by atoms with Gasteiger partial charge in [0, 0.05) is 17.5 Å². The minimum atomic E-state index is -2.01. The molecule has 0 saturated heterocycles. The third kappa shape index (κ3) is 8.76. The largest absolute Gasteiger partial charge is 0.491 e. The van der Waals surface area contributed by atoms with Crippen molar-refractivity contribution in [1.29, 1.82) is 0 Å². The standard InChI is InChI=1S/C30H49ClN2O6Si/c1-27(2,3)38-25(34)32-24-19(17-37-40(10,11)29(7,8)9)14-21-22(24)15-20(16-23(21)31)36-18-30(12-13-30)33-26(35)39-28(4,5)6/h15-16,19,24H,12-14,17-18H2,1-11H3,(H,32,34)(H,33,35)/t19-,24-/m0/s1. The van der Waals surface area contributed by atoms with Crippen molar-refractivity contribution >= 4 is 32.1 Å². The van der Waals surface area contributed by atoms with Crippen LogP contribution in [-0.4, -0.2) is 50.5 Å². The lowest BCUT2D eigenvalue weighted by molar-refractivity contribution is 0.0467. The Balaban J connectivity index is 1.79. The number of benzene rings is 1. The minimum Gasteiger partial charge on any atom is -0.491 e. The topological polar surface area (TPSA) is 95.1 Å². The number of hydrogen-bond acceptors (Lipinski definition) is 6. The van der Waals surface area contributed by atoms with Crippen molar-refractivity contribution in [3.63, 3.8) is 0 Å². The molecular formula is C30H49ClN2O6Si. The highest BCUT2D eigenvalue weighted by Crippen LogP contribution is 2.45. The van der Waals surface area contributed by atoms with Crippen molar-refractivity contribution in [2.45, 2.75) is 122 Å². The van der Waals surface area contributed by atoms with Gasteiger partial charge in [-0.1, -0.05) is 32.4 Å². The zero-order chi connectivity index (χ0) is 30.3. The van der Waals surface area contributed by atoms with Crippen LogP contribution in [0.25, 0.3) is 0 Å². The quantitative estimate of drug-likeness (QED) is 0.301. The molecule has 2 N–H and O–H groups in total. The maximum Gasteiger partial charge on any atom is 0.408 e. The first kappa shape index (κ1) is 32.5. The number of rotatable bonds is 8. The normalized spacial score (nSPS) is 20.4. The van der Waals surface area contributed by atoms with Gasteiger partial charge >= 0.3 is 12.2 Å². The molecule has 40 heavy (non-hydrogen) atoms. The summed E-state index contributed by atoms with van der Waals surface area (Å²) in [5, 5.41) is 6.71. The lowest BCUT2D eigenvalue weighted by Crippen LogP contribution is -2.44. The third-order valence-electron chi connectivity index (χ3n) is 7.75. The third-order valence-corrected chi connectivity index (χ3v) is 12.6. The van der Waals surface area contributed by atoms with Crippen molar-refractivity contribution in [3.8, 4) is 5.75 Å². The molecule has 2 amide bonds. The number of fused-ring (bicyclic) bond motifs is 1. The van der Waals surface area contributed by atoms with Crippen molar-refractivity contribution in [2.24, 2.45) is 5.92 Å². The molecule has 10 heteroatoms. The summed E-state index contributed by atoms with van der Waals surface area (Å²) in [6.45, 7) is 22.9. The molecule has 1 fully saturated rings. The number of amides is 2. The molecule has 0 aromatic heterocycles. The molecule has 8 nitrogen and oxygen atoms in total. The van der Waals surface area contributed by atoms with Crippen LogP contribution in [0.5, 0.6) is 5.75 Å². The Labute approximate surface area is 246 Å². The van der Waals surface area contributed by atoms with Gasteiger partial charge in [-0.3, -0.25) is 0 Å². The van der Waals surface area contributed by atoms with E-state index in [1.54, 1.807) is 0 Å². The van der Waals surface area contributed by atoms with Crippen LogP contribution in [0, 0.1) is 5.92 Å². The van der Waals surface area contributed by atoms with E-state index in [0.29, 0.717) is 30.4 Å². The zero-order valence-electron chi connectivity index (χ0n) is 26.2. The van der Waals surface area contributed by atoms with E-state index in [1.807, 2.05) is 53.7 Å². The Bertz CT molecular complexity index is 1100. The highest BCUT2D eigenvalue weighted by Gasteiger charge is 2.46. The van der Waals surface area contributed by atoms with E-state index in [0.717, 1.165) is 24.0 Å². The maximum absolute atomic E-state index is 12.9. The Hall–Kier alpha value is -1.97. The predicted octanol–water partition coefficient (Wildman–Crippen LogP) is 7.54. The van der Waals surface area contributed by atoms with Gasteiger partial charge in [0.2, 0.25) is 0 Å². The zero-order valence-corrected chi connectivity index (χ0v) is 27.9.